The van der Waals surface area contributed by atoms with E-state index in [2.05, 4.69) is 20.4 Å². The fraction of sp³-hybridized carbons (Fsp3) is 0.562. The molecule has 2 aromatic rings. The Kier molecular flexibility index (Phi) is 5.75. The predicted molar refractivity (Wildman–Crippen MR) is 96.9 cm³/mol. The highest BCUT2D eigenvalue weighted by Gasteiger charge is 2.32. The Morgan fingerprint density at radius 2 is 2.15 bits per heavy atom. The van der Waals surface area contributed by atoms with E-state index in [0.717, 1.165) is 12.8 Å². The molecule has 3 rings (SSSR count). The molecule has 1 fully saturated rings. The van der Waals surface area contributed by atoms with Crippen molar-refractivity contribution in [1.29, 1.82) is 0 Å². The lowest BCUT2D eigenvalue weighted by molar-refractivity contribution is -0.138. The Bertz CT molecular complexity index is 793. The molecule has 3 heterocycles. The number of aromatic nitrogens is 4. The number of nitrogens with one attached hydrogen (secondary N) is 1. The molecule has 27 heavy (non-hydrogen) atoms. The maximum absolute atomic E-state index is 12.5. The van der Waals surface area contributed by atoms with Gasteiger partial charge in [0, 0.05) is 32.3 Å². The summed E-state index contributed by atoms with van der Waals surface area (Å²) in [6.45, 7) is 0.618. The smallest absolute Gasteiger partial charge is 0.382 e. The Morgan fingerprint density at radius 3 is 2.81 bits per heavy atom. The average Bonchev–Trinajstić information content (AvgIpc) is 3.18. The Balaban J connectivity index is 1.73. The number of nitrogens with zero attached hydrogens (tertiary/aromatic N) is 5. The van der Waals surface area contributed by atoms with Gasteiger partial charge in [-0.3, -0.25) is 9.58 Å². The standard InChI is InChI=1S/C16H21ClF3N7/c1-26-9-10(8-22-26)23-15-24-12(13(17)14(21)25-15)7-11-3-2-5-27(11)6-4-16(18,19)20/h8-9,11H,2-7H2,1H3,(H3,21,23,24,25)/t11-/m1/s1. The zero-order valence-corrected chi connectivity index (χ0v) is 15.6. The van der Waals surface area contributed by atoms with Gasteiger partial charge >= 0.3 is 6.18 Å². The number of halogens is 4. The molecule has 1 aliphatic rings. The molecule has 7 nitrogen and oxygen atoms in total. The molecule has 0 amide bonds. The van der Waals surface area contributed by atoms with Gasteiger partial charge in [0.15, 0.2) is 0 Å². The van der Waals surface area contributed by atoms with Crippen molar-refractivity contribution in [3.63, 3.8) is 0 Å². The molecule has 1 saturated heterocycles. The Morgan fingerprint density at radius 1 is 1.37 bits per heavy atom. The van der Waals surface area contributed by atoms with Crippen LogP contribution in [0.2, 0.25) is 5.02 Å². The zero-order chi connectivity index (χ0) is 19.6. The number of anilines is 3. The van der Waals surface area contributed by atoms with Crippen LogP contribution in [0.3, 0.4) is 0 Å². The van der Waals surface area contributed by atoms with Crippen molar-refractivity contribution >= 4 is 29.1 Å². The third-order valence-electron chi connectivity index (χ3n) is 4.52. The average molecular weight is 404 g/mol. The number of hydrogen-bond donors (Lipinski definition) is 2. The van der Waals surface area contributed by atoms with Crippen molar-refractivity contribution in [1.82, 2.24) is 24.6 Å². The maximum Gasteiger partial charge on any atom is 0.390 e. The fourth-order valence-electron chi connectivity index (χ4n) is 3.23. The Labute approximate surface area is 159 Å². The molecule has 0 unspecified atom stereocenters. The summed E-state index contributed by atoms with van der Waals surface area (Å²) in [7, 11) is 1.78. The topological polar surface area (TPSA) is 84.9 Å². The van der Waals surface area contributed by atoms with Crippen molar-refractivity contribution in [2.45, 2.75) is 37.9 Å². The van der Waals surface area contributed by atoms with E-state index in [1.165, 1.54) is 0 Å². The van der Waals surface area contributed by atoms with Gasteiger partial charge in [-0.2, -0.15) is 23.3 Å². The molecule has 2 aromatic heterocycles. The monoisotopic (exact) mass is 403 g/mol. The van der Waals surface area contributed by atoms with Gasteiger partial charge in [0.1, 0.15) is 10.8 Å². The van der Waals surface area contributed by atoms with Crippen LogP contribution in [-0.4, -0.2) is 50.0 Å². The SMILES string of the molecule is Cn1cc(Nc2nc(N)c(Cl)c(C[C@H]3CCCN3CCC(F)(F)F)n2)cn1. The first-order valence-corrected chi connectivity index (χ1v) is 8.97. The minimum absolute atomic E-state index is 0.0207. The van der Waals surface area contributed by atoms with Crippen LogP contribution < -0.4 is 11.1 Å². The number of rotatable bonds is 6. The molecule has 0 aromatic carbocycles. The second-order valence-electron chi connectivity index (χ2n) is 6.62. The van der Waals surface area contributed by atoms with Crippen molar-refractivity contribution in [3.05, 3.63) is 23.1 Å². The fourth-order valence-corrected chi connectivity index (χ4v) is 3.39. The van der Waals surface area contributed by atoms with E-state index in [1.54, 1.807) is 24.1 Å². The van der Waals surface area contributed by atoms with Crippen LogP contribution in [0.4, 0.5) is 30.6 Å². The summed E-state index contributed by atoms with van der Waals surface area (Å²) in [4.78, 5) is 10.4. The maximum atomic E-state index is 12.5. The van der Waals surface area contributed by atoms with Crippen LogP contribution in [0.1, 0.15) is 25.0 Å². The molecule has 11 heteroatoms. The van der Waals surface area contributed by atoms with Crippen LogP contribution in [0.5, 0.6) is 0 Å². The van der Waals surface area contributed by atoms with Gasteiger partial charge in [0.25, 0.3) is 0 Å². The van der Waals surface area contributed by atoms with Gasteiger partial charge in [-0.15, -0.1) is 0 Å². The van der Waals surface area contributed by atoms with E-state index in [1.807, 2.05) is 4.90 Å². The van der Waals surface area contributed by atoms with Gasteiger partial charge < -0.3 is 11.1 Å². The van der Waals surface area contributed by atoms with Crippen molar-refractivity contribution in [2.24, 2.45) is 7.05 Å². The van der Waals surface area contributed by atoms with Crippen LogP contribution in [-0.2, 0) is 13.5 Å². The number of alkyl halides is 3. The number of nitrogens with two attached hydrogens (primary N) is 1. The summed E-state index contributed by atoms with van der Waals surface area (Å²) in [5.74, 6) is 0.410. The Hall–Kier alpha value is -2.07. The van der Waals surface area contributed by atoms with Crippen molar-refractivity contribution < 1.29 is 13.2 Å². The largest absolute Gasteiger partial charge is 0.390 e. The van der Waals surface area contributed by atoms with Crippen molar-refractivity contribution in [3.8, 4) is 0 Å². The molecule has 1 atom stereocenters. The number of aryl methyl sites for hydroxylation is 1. The highest BCUT2D eigenvalue weighted by atomic mass is 35.5. The summed E-state index contributed by atoms with van der Waals surface area (Å²) in [5, 5.41) is 7.30. The first-order valence-electron chi connectivity index (χ1n) is 8.59. The van der Waals surface area contributed by atoms with Gasteiger partial charge in [-0.05, 0) is 19.4 Å². The van der Waals surface area contributed by atoms with Crippen LogP contribution >= 0.6 is 11.6 Å². The molecule has 0 saturated carbocycles. The van der Waals surface area contributed by atoms with Gasteiger partial charge in [0.05, 0.1) is 24.0 Å². The van der Waals surface area contributed by atoms with E-state index in [0.29, 0.717) is 24.3 Å². The summed E-state index contributed by atoms with van der Waals surface area (Å²) in [5.41, 5.74) is 7.12. The molecule has 0 spiro atoms. The van der Waals surface area contributed by atoms with E-state index in [9.17, 15) is 13.2 Å². The third kappa shape index (κ3) is 5.23. The molecule has 0 radical (unpaired) electrons. The van der Waals surface area contributed by atoms with E-state index >= 15 is 0 Å². The van der Waals surface area contributed by atoms with Crippen LogP contribution in [0.25, 0.3) is 0 Å². The lowest BCUT2D eigenvalue weighted by atomic mass is 10.1. The number of nitrogen functional groups attached to an aromatic ring is 1. The minimum atomic E-state index is -4.16. The zero-order valence-electron chi connectivity index (χ0n) is 14.8. The van der Waals surface area contributed by atoms with Crippen molar-refractivity contribution in [2.75, 3.05) is 24.1 Å². The first kappa shape index (κ1) is 19.7. The lowest BCUT2D eigenvalue weighted by Gasteiger charge is -2.25. The van der Waals surface area contributed by atoms with Gasteiger partial charge in [-0.1, -0.05) is 11.6 Å². The summed E-state index contributed by atoms with van der Waals surface area (Å²) < 4.78 is 39.2. The summed E-state index contributed by atoms with van der Waals surface area (Å²) in [6, 6.07) is -0.0506. The third-order valence-corrected chi connectivity index (χ3v) is 4.93. The molecular weight excluding hydrogens is 383 g/mol. The first-order chi connectivity index (χ1) is 12.7. The normalized spacial score (nSPS) is 18.2. The van der Waals surface area contributed by atoms with E-state index in [4.69, 9.17) is 17.3 Å². The second kappa shape index (κ2) is 7.89. The summed E-state index contributed by atoms with van der Waals surface area (Å²) in [6.07, 6.45) is 0.450. The van der Waals surface area contributed by atoms with Crippen LogP contribution in [0, 0.1) is 0 Å². The summed E-state index contributed by atoms with van der Waals surface area (Å²) >= 11 is 6.26. The van der Waals surface area contributed by atoms with Gasteiger partial charge in [0.2, 0.25) is 5.95 Å². The van der Waals surface area contributed by atoms with E-state index < -0.39 is 12.6 Å². The van der Waals surface area contributed by atoms with Gasteiger partial charge in [-0.25, -0.2) is 4.98 Å². The lowest BCUT2D eigenvalue weighted by Crippen LogP contribution is -2.34. The van der Waals surface area contributed by atoms with Crippen LogP contribution in [0.15, 0.2) is 12.4 Å². The quantitative estimate of drug-likeness (QED) is 0.770. The van der Waals surface area contributed by atoms with E-state index in [-0.39, 0.29) is 29.4 Å². The predicted octanol–water partition coefficient (Wildman–Crippen LogP) is 3.15. The number of likely N-dealkylation sites (tertiary alicyclic amines) is 1. The molecule has 0 aliphatic carbocycles. The highest BCUT2D eigenvalue weighted by molar-refractivity contribution is 6.33. The number of hydrogen-bond acceptors (Lipinski definition) is 6. The highest BCUT2D eigenvalue weighted by Crippen LogP contribution is 2.29. The second-order valence-corrected chi connectivity index (χ2v) is 7.00. The molecular formula is C16H21ClF3N7. The minimum Gasteiger partial charge on any atom is -0.382 e. The molecule has 0 bridgehead atoms. The molecule has 148 valence electrons. The molecule has 1 aliphatic heterocycles. The molecule has 3 N–H and O–H groups in total.